The Morgan fingerprint density at radius 3 is 2.07 bits per heavy atom. The lowest BCUT2D eigenvalue weighted by molar-refractivity contribution is 0.101. The topological polar surface area (TPSA) is 59.8 Å². The Balaban J connectivity index is 1.97. The maximum atomic E-state index is 14.5. The summed E-state index contributed by atoms with van der Waals surface area (Å²) in [6.07, 6.45) is 1.20. The minimum atomic E-state index is -3.35. The van der Waals surface area contributed by atoms with Crippen molar-refractivity contribution in [1.29, 1.82) is 0 Å². The molecule has 29 heavy (non-hydrogen) atoms. The van der Waals surface area contributed by atoms with Crippen molar-refractivity contribution in [3.8, 4) is 11.3 Å². The Labute approximate surface area is 172 Å². The fourth-order valence-corrected chi connectivity index (χ4v) is 2.82. The Kier molecular flexibility index (Phi) is 5.56. The number of benzene rings is 1. The van der Waals surface area contributed by atoms with E-state index in [1.165, 1.54) is 7.05 Å². The van der Waals surface area contributed by atoms with E-state index < -0.39 is 55.6 Å². The number of carbonyl (C=O) groups is 1. The number of halogens is 7. The summed E-state index contributed by atoms with van der Waals surface area (Å²) in [4.78, 5) is 15.3. The number of hydrogen-bond acceptors (Lipinski definition) is 3. The van der Waals surface area contributed by atoms with Crippen LogP contribution in [0.2, 0.25) is 0 Å². The zero-order valence-corrected chi connectivity index (χ0v) is 16.4. The minimum absolute atomic E-state index is 0.268. The maximum absolute atomic E-state index is 14.5. The summed E-state index contributed by atoms with van der Waals surface area (Å²) >= 11 is 0.829. The van der Waals surface area contributed by atoms with E-state index >= 15 is 0 Å². The van der Waals surface area contributed by atoms with Gasteiger partial charge in [0.2, 0.25) is 0 Å². The molecule has 0 bridgehead atoms. The number of pyridine rings is 1. The van der Waals surface area contributed by atoms with Gasteiger partial charge < -0.3 is 5.32 Å². The number of carbonyl (C=O) groups excluding carboxylic acids is 1. The van der Waals surface area contributed by atoms with Gasteiger partial charge in [-0.3, -0.25) is 14.5 Å². The Hall–Kier alpha value is -2.64. The number of nitrogens with one attached hydrogen (secondary N) is 1. The summed E-state index contributed by atoms with van der Waals surface area (Å²) < 4.78 is 80.6. The van der Waals surface area contributed by atoms with Crippen molar-refractivity contribution in [3.63, 3.8) is 0 Å². The van der Waals surface area contributed by atoms with Crippen LogP contribution in [0.5, 0.6) is 0 Å². The van der Waals surface area contributed by atoms with Gasteiger partial charge in [-0.2, -0.15) is 13.9 Å². The summed E-state index contributed by atoms with van der Waals surface area (Å²) in [6.45, 7) is 0. The summed E-state index contributed by atoms with van der Waals surface area (Å²) in [5.74, 6) is -6.23. The fourth-order valence-electron chi connectivity index (χ4n) is 2.55. The van der Waals surface area contributed by atoms with Gasteiger partial charge in [0.15, 0.2) is 11.6 Å². The van der Waals surface area contributed by atoms with Gasteiger partial charge in [0.25, 0.3) is 5.91 Å². The first-order valence-electron chi connectivity index (χ1n) is 7.70. The quantitative estimate of drug-likeness (QED) is 0.303. The van der Waals surface area contributed by atoms with Crippen molar-refractivity contribution in [2.45, 2.75) is 3.93 Å². The molecule has 0 unspecified atom stereocenters. The molecule has 152 valence electrons. The van der Waals surface area contributed by atoms with Gasteiger partial charge in [-0.05, 0) is 18.2 Å². The van der Waals surface area contributed by atoms with Crippen LogP contribution in [0, 0.1) is 23.3 Å². The molecule has 0 saturated heterocycles. The molecule has 0 spiro atoms. The van der Waals surface area contributed by atoms with Crippen LogP contribution in [0.4, 0.5) is 32.0 Å². The predicted molar refractivity (Wildman–Crippen MR) is 98.6 cm³/mol. The van der Waals surface area contributed by atoms with Gasteiger partial charge in [0.05, 0.1) is 23.7 Å². The standard InChI is InChI=1S/C17H9F6IN4O/c1-28-12(4-13(27-28)17(22,23)24)14-8(18)2-7(3-9(14)19)26-16(29)15-10(20)5-25-6-11(15)21/h2-6H,1H3,(H,26,29). The highest BCUT2D eigenvalue weighted by atomic mass is 127. The van der Waals surface area contributed by atoms with Crippen molar-refractivity contribution in [2.24, 2.45) is 7.05 Å². The molecular weight excluding hydrogens is 517 g/mol. The van der Waals surface area contributed by atoms with E-state index in [1.807, 2.05) is 5.32 Å². The molecule has 0 radical (unpaired) electrons. The lowest BCUT2D eigenvalue weighted by Gasteiger charge is -2.10. The predicted octanol–water partition coefficient (Wildman–Crippen LogP) is 4.78. The van der Waals surface area contributed by atoms with Crippen molar-refractivity contribution >= 4 is 34.2 Å². The van der Waals surface area contributed by atoms with Crippen LogP contribution in [0.25, 0.3) is 11.3 Å². The van der Waals surface area contributed by atoms with Gasteiger partial charge in [-0.1, -0.05) is 0 Å². The molecule has 0 fully saturated rings. The summed E-state index contributed by atoms with van der Waals surface area (Å²) in [5.41, 5.74) is -3.05. The zero-order valence-electron chi connectivity index (χ0n) is 14.3. The van der Waals surface area contributed by atoms with E-state index in [0.717, 1.165) is 33.3 Å². The van der Waals surface area contributed by atoms with Gasteiger partial charge in [0, 0.05) is 35.3 Å². The molecular formula is C17H9F6IN4O. The molecule has 0 aliphatic rings. The van der Waals surface area contributed by atoms with Crippen LogP contribution >= 0.6 is 22.6 Å². The molecule has 0 atom stereocenters. The number of nitrogens with zero attached hydrogens (tertiary/aromatic N) is 3. The van der Waals surface area contributed by atoms with E-state index in [-0.39, 0.29) is 5.69 Å². The van der Waals surface area contributed by atoms with Crippen molar-refractivity contribution in [3.05, 3.63) is 65.1 Å². The fraction of sp³-hybridized carbons (Fsp3) is 0.118. The van der Waals surface area contributed by atoms with E-state index in [9.17, 15) is 31.1 Å². The highest BCUT2D eigenvalue weighted by molar-refractivity contribution is 14.1. The lowest BCUT2D eigenvalue weighted by Crippen LogP contribution is -2.16. The first-order chi connectivity index (χ1) is 13.5. The third kappa shape index (κ3) is 4.21. The number of aromatic nitrogens is 3. The Bertz CT molecular complexity index is 1070. The number of alkyl halides is 3. The van der Waals surface area contributed by atoms with Crippen LogP contribution in [0.1, 0.15) is 16.1 Å². The Morgan fingerprint density at radius 1 is 1.03 bits per heavy atom. The molecule has 1 aromatic carbocycles. The van der Waals surface area contributed by atoms with E-state index in [4.69, 9.17) is 0 Å². The lowest BCUT2D eigenvalue weighted by atomic mass is 10.1. The molecule has 0 aliphatic carbocycles. The molecule has 3 rings (SSSR count). The molecule has 2 heterocycles. The van der Waals surface area contributed by atoms with Crippen molar-refractivity contribution < 1.29 is 31.1 Å². The minimum Gasteiger partial charge on any atom is -0.322 e. The van der Waals surface area contributed by atoms with E-state index in [0.29, 0.717) is 24.5 Å². The van der Waals surface area contributed by atoms with Gasteiger partial charge in [0.1, 0.15) is 22.9 Å². The summed E-state index contributed by atoms with van der Waals surface area (Å²) in [7, 11) is 1.23. The second-order valence-corrected chi connectivity index (χ2v) is 7.14. The van der Waals surface area contributed by atoms with Crippen LogP contribution in [-0.2, 0) is 11.0 Å². The monoisotopic (exact) mass is 526 g/mol. The summed E-state index contributed by atoms with van der Waals surface area (Å²) in [5, 5.41) is 5.51. The smallest absolute Gasteiger partial charge is 0.322 e. The molecule has 12 heteroatoms. The average Bonchev–Trinajstić information content (AvgIpc) is 2.96. The second kappa shape index (κ2) is 7.65. The van der Waals surface area contributed by atoms with Gasteiger partial charge in [-0.25, -0.2) is 17.6 Å². The van der Waals surface area contributed by atoms with Crippen LogP contribution in [0.15, 0.2) is 30.6 Å². The maximum Gasteiger partial charge on any atom is 0.339 e. The molecule has 3 aromatic rings. The molecule has 0 saturated carbocycles. The van der Waals surface area contributed by atoms with Crippen LogP contribution in [0.3, 0.4) is 0 Å². The highest BCUT2D eigenvalue weighted by Crippen LogP contribution is 2.37. The average molecular weight is 526 g/mol. The van der Waals surface area contributed by atoms with Crippen molar-refractivity contribution in [2.75, 3.05) is 5.32 Å². The number of amides is 1. The second-order valence-electron chi connectivity index (χ2n) is 5.78. The molecule has 1 amide bonds. The van der Waals surface area contributed by atoms with E-state index in [1.54, 1.807) is 0 Å². The van der Waals surface area contributed by atoms with E-state index in [2.05, 4.69) is 10.1 Å². The molecule has 2 aromatic heterocycles. The van der Waals surface area contributed by atoms with Gasteiger partial charge in [-0.15, -0.1) is 0 Å². The first-order valence-corrected chi connectivity index (χ1v) is 8.78. The van der Waals surface area contributed by atoms with Crippen LogP contribution in [-0.4, -0.2) is 20.7 Å². The van der Waals surface area contributed by atoms with Crippen LogP contribution < -0.4 is 5.32 Å². The summed E-state index contributed by atoms with van der Waals surface area (Å²) in [6, 6.07) is 2.19. The third-order valence-corrected chi connectivity index (χ3v) is 4.36. The molecule has 0 aliphatic heterocycles. The first kappa shape index (κ1) is 21.1. The third-order valence-electron chi connectivity index (χ3n) is 3.81. The Morgan fingerprint density at radius 2 is 1.59 bits per heavy atom. The zero-order chi connectivity index (χ0) is 21.5. The number of aryl methyl sites for hydroxylation is 1. The normalized spacial score (nSPS) is 11.6. The highest BCUT2D eigenvalue weighted by Gasteiger charge is 2.32. The molecule has 5 nitrogen and oxygen atoms in total. The number of anilines is 1. The SMILES string of the molecule is Cn1nc(C(F)(F)I)cc1-c1c(F)cc(NC(=O)c2c(F)cncc2F)cc1F. The largest absolute Gasteiger partial charge is 0.339 e. The van der Waals surface area contributed by atoms with Gasteiger partial charge >= 0.3 is 3.93 Å². The number of hydrogen-bond donors (Lipinski definition) is 1. The number of rotatable bonds is 4. The molecule has 1 N–H and O–H groups in total. The van der Waals surface area contributed by atoms with Crippen molar-refractivity contribution in [1.82, 2.24) is 14.8 Å².